The summed E-state index contributed by atoms with van der Waals surface area (Å²) in [4.78, 5) is 39.6. The van der Waals surface area contributed by atoms with Crippen molar-refractivity contribution in [3.05, 3.63) is 128 Å². The highest BCUT2D eigenvalue weighted by Crippen LogP contribution is 2.37. The van der Waals surface area contributed by atoms with Gasteiger partial charge in [0.25, 0.3) is 12.3 Å². The summed E-state index contributed by atoms with van der Waals surface area (Å²) in [5.74, 6) is -6.07. The van der Waals surface area contributed by atoms with Gasteiger partial charge in [0.2, 0.25) is 0 Å². The van der Waals surface area contributed by atoms with Crippen molar-refractivity contribution in [1.82, 2.24) is 14.7 Å². The molecule has 0 radical (unpaired) electrons. The normalized spacial score (nSPS) is 11.7. The lowest BCUT2D eigenvalue weighted by Gasteiger charge is -2.24. The molecule has 7 nitrogen and oxygen atoms in total. The molecule has 4 aromatic carbocycles. The third-order valence-electron chi connectivity index (χ3n) is 7.14. The van der Waals surface area contributed by atoms with Gasteiger partial charge < -0.3 is 10.0 Å². The number of aromatic carboxylic acids is 1. The number of rotatable bonds is 9. The molecule has 0 bridgehead atoms. The number of ketones is 1. The highest BCUT2D eigenvalue weighted by Gasteiger charge is 2.42. The molecule has 1 aromatic heterocycles. The van der Waals surface area contributed by atoms with Crippen molar-refractivity contribution in [2.24, 2.45) is 0 Å². The second-order valence-corrected chi connectivity index (χ2v) is 11.1. The number of carboxylic acid groups (broad SMARTS) is 1. The first kappa shape index (κ1) is 34.4. The van der Waals surface area contributed by atoms with Gasteiger partial charge in [0.15, 0.2) is 11.5 Å². The van der Waals surface area contributed by atoms with Gasteiger partial charge in [-0.3, -0.25) is 9.59 Å². The molecule has 0 spiro atoms. The predicted octanol–water partition coefficient (Wildman–Crippen LogP) is 8.79. The maximum Gasteiger partial charge on any atom is 0.434 e. The minimum Gasteiger partial charge on any atom is -0.478 e. The molecule has 0 saturated heterocycles. The Hall–Kier alpha value is -4.95. The molecule has 5 aromatic rings. The van der Waals surface area contributed by atoms with E-state index in [0.29, 0.717) is 21.8 Å². The van der Waals surface area contributed by atoms with Crippen molar-refractivity contribution >= 4 is 51.6 Å². The standard InChI is InChI=1S/C32H18Cl2F7N3O4/c33-23-9-16(29(37)38)10-24(34)27(23)26(45)14-43(13-15-7-17(35)11-18(36)8-15)30(46)22-12-42-44(28(22)32(39,40)41)25-6-5-21(31(47)48)19-3-1-2-4-20(19)25/h1-12,29H,13-14H2,(H,47,48). The number of hydrogen-bond acceptors (Lipinski definition) is 4. The molecule has 5 rings (SSSR count). The zero-order valence-corrected chi connectivity index (χ0v) is 25.3. The van der Waals surface area contributed by atoms with Crippen molar-refractivity contribution in [2.75, 3.05) is 6.54 Å². The monoisotopic (exact) mass is 711 g/mol. The Labute approximate surface area is 275 Å². The van der Waals surface area contributed by atoms with E-state index in [1.165, 1.54) is 24.3 Å². The number of carbonyl (C=O) groups excluding carboxylic acids is 2. The van der Waals surface area contributed by atoms with Crippen molar-refractivity contribution in [1.29, 1.82) is 0 Å². The van der Waals surface area contributed by atoms with Crippen LogP contribution < -0.4 is 0 Å². The SMILES string of the molecule is O=C(CN(Cc1cc(F)cc(F)c1)C(=O)c1cnn(-c2ccc(C(=O)O)c3ccccc23)c1C(F)(F)F)c1c(Cl)cc(C(F)F)cc1Cl. The second-order valence-electron chi connectivity index (χ2n) is 10.3. The lowest BCUT2D eigenvalue weighted by Crippen LogP contribution is -2.36. The molecule has 1 heterocycles. The van der Waals surface area contributed by atoms with E-state index in [0.717, 1.165) is 36.4 Å². The van der Waals surface area contributed by atoms with Crippen molar-refractivity contribution in [3.8, 4) is 5.69 Å². The Morgan fingerprint density at radius 3 is 2.04 bits per heavy atom. The maximum absolute atomic E-state index is 14.7. The van der Waals surface area contributed by atoms with E-state index in [4.69, 9.17) is 23.2 Å². The number of carboxylic acids is 1. The van der Waals surface area contributed by atoms with Gasteiger partial charge in [-0.05, 0) is 47.3 Å². The Morgan fingerprint density at radius 2 is 1.48 bits per heavy atom. The lowest BCUT2D eigenvalue weighted by molar-refractivity contribution is -0.143. The highest BCUT2D eigenvalue weighted by atomic mass is 35.5. The summed E-state index contributed by atoms with van der Waals surface area (Å²) < 4.78 is 99.2. The van der Waals surface area contributed by atoms with Gasteiger partial charge in [-0.1, -0.05) is 47.5 Å². The van der Waals surface area contributed by atoms with Crippen LogP contribution >= 0.6 is 23.2 Å². The molecule has 0 aliphatic rings. The Balaban J connectivity index is 1.64. The van der Waals surface area contributed by atoms with E-state index < -0.39 is 87.4 Å². The molecule has 0 fully saturated rings. The van der Waals surface area contributed by atoms with Crippen molar-refractivity contribution in [2.45, 2.75) is 19.1 Å². The number of benzene rings is 4. The highest BCUT2D eigenvalue weighted by molar-refractivity contribution is 6.40. The van der Waals surface area contributed by atoms with Gasteiger partial charge in [0.05, 0.1) is 45.2 Å². The van der Waals surface area contributed by atoms with Gasteiger partial charge in [-0.25, -0.2) is 27.0 Å². The van der Waals surface area contributed by atoms with E-state index >= 15 is 0 Å². The fourth-order valence-electron chi connectivity index (χ4n) is 5.14. The largest absolute Gasteiger partial charge is 0.478 e. The topological polar surface area (TPSA) is 92.5 Å². The zero-order valence-electron chi connectivity index (χ0n) is 23.8. The fraction of sp³-hybridized carbons (Fsp3) is 0.125. The number of hydrogen-bond donors (Lipinski definition) is 1. The number of carbonyl (C=O) groups is 3. The van der Waals surface area contributed by atoms with Crippen LogP contribution in [0, 0.1) is 11.6 Å². The second kappa shape index (κ2) is 13.3. The van der Waals surface area contributed by atoms with Gasteiger partial charge in [-0.2, -0.15) is 18.3 Å². The molecule has 48 heavy (non-hydrogen) atoms. The number of nitrogens with zero attached hydrogens (tertiary/aromatic N) is 3. The first-order valence-corrected chi connectivity index (χ1v) is 14.3. The summed E-state index contributed by atoms with van der Waals surface area (Å²) in [7, 11) is 0. The van der Waals surface area contributed by atoms with Gasteiger partial charge >= 0.3 is 12.1 Å². The lowest BCUT2D eigenvalue weighted by atomic mass is 10.0. The van der Waals surface area contributed by atoms with Crippen molar-refractivity contribution in [3.63, 3.8) is 0 Å². The molecule has 0 aliphatic heterocycles. The Bertz CT molecular complexity index is 2060. The predicted molar refractivity (Wildman–Crippen MR) is 160 cm³/mol. The molecule has 0 atom stereocenters. The molecule has 0 saturated carbocycles. The first-order chi connectivity index (χ1) is 22.6. The average Bonchev–Trinajstić information content (AvgIpc) is 3.45. The fourth-order valence-corrected chi connectivity index (χ4v) is 5.86. The minimum atomic E-state index is -5.27. The molecule has 0 aliphatic carbocycles. The van der Waals surface area contributed by atoms with E-state index in [9.17, 15) is 50.2 Å². The van der Waals surface area contributed by atoms with Crippen LogP contribution in [0.2, 0.25) is 10.0 Å². The summed E-state index contributed by atoms with van der Waals surface area (Å²) in [6.07, 6.45) is -7.71. The van der Waals surface area contributed by atoms with Crippen LogP contribution in [-0.2, 0) is 12.7 Å². The number of fused-ring (bicyclic) bond motifs is 1. The van der Waals surface area contributed by atoms with E-state index in [-0.39, 0.29) is 27.6 Å². The van der Waals surface area contributed by atoms with E-state index in [1.54, 1.807) is 0 Å². The van der Waals surface area contributed by atoms with Crippen LogP contribution in [0.4, 0.5) is 30.7 Å². The summed E-state index contributed by atoms with van der Waals surface area (Å²) >= 11 is 12.1. The Morgan fingerprint density at radius 1 is 0.875 bits per heavy atom. The molecular weight excluding hydrogens is 694 g/mol. The summed E-state index contributed by atoms with van der Waals surface area (Å²) in [5.41, 5.74) is -4.55. The van der Waals surface area contributed by atoms with Crippen LogP contribution in [-0.4, -0.2) is 44.0 Å². The van der Waals surface area contributed by atoms with Crippen LogP contribution in [0.1, 0.15) is 54.3 Å². The molecule has 0 unspecified atom stereocenters. The number of amides is 1. The van der Waals surface area contributed by atoms with Crippen molar-refractivity contribution < 1.29 is 50.2 Å². The van der Waals surface area contributed by atoms with E-state index in [2.05, 4.69) is 5.10 Å². The summed E-state index contributed by atoms with van der Waals surface area (Å²) in [5, 5.41) is 12.4. The van der Waals surface area contributed by atoms with Gasteiger partial charge in [-0.15, -0.1) is 0 Å². The summed E-state index contributed by atoms with van der Waals surface area (Å²) in [6.45, 7) is -1.87. The average molecular weight is 712 g/mol. The number of Topliss-reactive ketones (excluding diaryl/α,β-unsaturated/α-hetero) is 1. The van der Waals surface area contributed by atoms with E-state index in [1.807, 2.05) is 0 Å². The maximum atomic E-state index is 14.7. The van der Waals surface area contributed by atoms with Gasteiger partial charge in [0.1, 0.15) is 11.6 Å². The van der Waals surface area contributed by atoms with Gasteiger partial charge in [0, 0.05) is 23.6 Å². The molecule has 1 N–H and O–H groups in total. The molecule has 1 amide bonds. The molecular formula is C32H18Cl2F7N3O4. The van der Waals surface area contributed by atoms with Crippen LogP contribution in [0.3, 0.4) is 0 Å². The third-order valence-corrected chi connectivity index (χ3v) is 7.74. The zero-order chi connectivity index (χ0) is 35.1. The summed E-state index contributed by atoms with van der Waals surface area (Å²) in [6, 6.07) is 11.4. The van der Waals surface area contributed by atoms with Crippen LogP contribution in [0.25, 0.3) is 16.5 Å². The number of alkyl halides is 5. The van der Waals surface area contributed by atoms with Crippen LogP contribution in [0.5, 0.6) is 0 Å². The third kappa shape index (κ3) is 6.85. The molecule has 248 valence electrons. The number of halogens is 9. The van der Waals surface area contributed by atoms with Crippen LogP contribution in [0.15, 0.2) is 72.9 Å². The number of aromatic nitrogens is 2. The molecule has 16 heteroatoms. The quantitative estimate of drug-likeness (QED) is 0.122. The first-order valence-electron chi connectivity index (χ1n) is 13.5. The smallest absolute Gasteiger partial charge is 0.434 e. The Kier molecular flexibility index (Phi) is 9.51. The minimum absolute atomic E-state index is 0.0452.